The molecule has 0 radical (unpaired) electrons. The third-order valence-corrected chi connectivity index (χ3v) is 4.34. The molecule has 1 aliphatic rings. The number of carbonyl (C=O) groups is 1. The predicted octanol–water partition coefficient (Wildman–Crippen LogP) is 2.69. The van der Waals surface area contributed by atoms with Gasteiger partial charge in [-0.2, -0.15) is 5.26 Å². The van der Waals surface area contributed by atoms with Crippen molar-refractivity contribution in [3.63, 3.8) is 0 Å². The maximum atomic E-state index is 13.0. The average molecular weight is 285 g/mol. The molecule has 1 saturated heterocycles. The fourth-order valence-corrected chi connectivity index (χ4v) is 3.18. The number of carbonyl (C=O) groups excluding carboxylic acids is 1. The molecule has 0 aliphatic carbocycles. The lowest BCUT2D eigenvalue weighted by molar-refractivity contribution is -0.129. The van der Waals surface area contributed by atoms with Gasteiger partial charge in [-0.15, -0.1) is 0 Å². The Labute approximate surface area is 126 Å². The molecule has 0 aromatic heterocycles. The van der Waals surface area contributed by atoms with Gasteiger partial charge in [0.05, 0.1) is 17.0 Å². The average Bonchev–Trinajstić information content (AvgIpc) is 2.54. The molecule has 4 nitrogen and oxygen atoms in total. The lowest BCUT2D eigenvalue weighted by atomic mass is 9.75. The quantitative estimate of drug-likeness (QED) is 0.925. The Morgan fingerprint density at radius 1 is 1.43 bits per heavy atom. The van der Waals surface area contributed by atoms with Crippen molar-refractivity contribution in [3.8, 4) is 6.07 Å². The highest BCUT2D eigenvalue weighted by Crippen LogP contribution is 2.34. The van der Waals surface area contributed by atoms with Gasteiger partial charge in [0.15, 0.2) is 0 Å². The summed E-state index contributed by atoms with van der Waals surface area (Å²) in [7, 11) is 1.83. The molecule has 0 saturated carbocycles. The van der Waals surface area contributed by atoms with Crippen molar-refractivity contribution in [3.05, 3.63) is 29.8 Å². The maximum Gasteiger partial charge on any atom is 0.234 e. The molecule has 1 aliphatic heterocycles. The van der Waals surface area contributed by atoms with Gasteiger partial charge in [0.2, 0.25) is 5.91 Å². The third-order valence-electron chi connectivity index (χ3n) is 4.34. The molecular formula is C17H23N3O. The fourth-order valence-electron chi connectivity index (χ4n) is 3.18. The summed E-state index contributed by atoms with van der Waals surface area (Å²) < 4.78 is 0. The minimum absolute atomic E-state index is 0.182. The van der Waals surface area contributed by atoms with E-state index >= 15 is 0 Å². The Hall–Kier alpha value is -1.86. The highest BCUT2D eigenvalue weighted by molar-refractivity contribution is 5.97. The first-order valence-electron chi connectivity index (χ1n) is 7.62. The van der Waals surface area contributed by atoms with Crippen molar-refractivity contribution < 1.29 is 4.79 Å². The topological polar surface area (TPSA) is 56.1 Å². The molecule has 1 N–H and O–H groups in total. The van der Waals surface area contributed by atoms with E-state index in [0.717, 1.165) is 44.5 Å². The SMILES string of the molecule is CCCC1(C(=O)N(C)c2ccc(C#N)cc2)CCCNC1. The summed E-state index contributed by atoms with van der Waals surface area (Å²) in [4.78, 5) is 14.7. The lowest BCUT2D eigenvalue weighted by Crippen LogP contribution is -2.51. The second-order valence-corrected chi connectivity index (χ2v) is 5.83. The summed E-state index contributed by atoms with van der Waals surface area (Å²) in [5.74, 6) is 0.182. The number of anilines is 1. The molecule has 0 spiro atoms. The second kappa shape index (κ2) is 6.73. The van der Waals surface area contributed by atoms with Crippen LogP contribution in [0.25, 0.3) is 0 Å². The first kappa shape index (κ1) is 15.5. The molecule has 1 amide bonds. The summed E-state index contributed by atoms with van der Waals surface area (Å²) in [6, 6.07) is 9.29. The highest BCUT2D eigenvalue weighted by atomic mass is 16.2. The van der Waals surface area contributed by atoms with Gasteiger partial charge in [0, 0.05) is 19.3 Å². The smallest absolute Gasteiger partial charge is 0.234 e. The van der Waals surface area contributed by atoms with Crippen molar-refractivity contribution in [2.75, 3.05) is 25.0 Å². The number of nitriles is 1. The Morgan fingerprint density at radius 3 is 2.67 bits per heavy atom. The van der Waals surface area contributed by atoms with Crippen molar-refractivity contribution in [1.29, 1.82) is 5.26 Å². The van der Waals surface area contributed by atoms with Gasteiger partial charge in [-0.25, -0.2) is 0 Å². The van der Waals surface area contributed by atoms with Crippen LogP contribution in [0.2, 0.25) is 0 Å². The lowest BCUT2D eigenvalue weighted by Gasteiger charge is -2.39. The standard InChI is InChI=1S/C17H23N3O/c1-3-9-17(10-4-11-19-13-17)16(21)20(2)15-7-5-14(12-18)6-8-15/h5-8,19H,3-4,9-11,13H2,1-2H3. The Balaban J connectivity index is 2.20. The zero-order valence-corrected chi connectivity index (χ0v) is 12.9. The number of rotatable bonds is 4. The maximum absolute atomic E-state index is 13.0. The monoisotopic (exact) mass is 285 g/mol. The van der Waals surface area contributed by atoms with E-state index in [9.17, 15) is 4.79 Å². The molecule has 0 bridgehead atoms. The largest absolute Gasteiger partial charge is 0.316 e. The zero-order valence-electron chi connectivity index (χ0n) is 12.9. The van der Waals surface area contributed by atoms with Crippen molar-refractivity contribution in [2.45, 2.75) is 32.6 Å². The van der Waals surface area contributed by atoms with Crippen LogP contribution in [-0.2, 0) is 4.79 Å². The molecule has 1 heterocycles. The van der Waals surface area contributed by atoms with Crippen LogP contribution in [0.3, 0.4) is 0 Å². The van der Waals surface area contributed by atoms with Gasteiger partial charge in [-0.1, -0.05) is 13.3 Å². The summed E-state index contributed by atoms with van der Waals surface area (Å²) in [5.41, 5.74) is 1.18. The van der Waals surface area contributed by atoms with Gasteiger partial charge >= 0.3 is 0 Å². The number of nitrogens with zero attached hydrogens (tertiary/aromatic N) is 2. The number of benzene rings is 1. The molecular weight excluding hydrogens is 262 g/mol. The minimum Gasteiger partial charge on any atom is -0.316 e. The summed E-state index contributed by atoms with van der Waals surface area (Å²) in [5, 5.41) is 12.2. The van der Waals surface area contributed by atoms with Gasteiger partial charge in [-0.3, -0.25) is 4.79 Å². The van der Waals surface area contributed by atoms with E-state index < -0.39 is 0 Å². The molecule has 1 fully saturated rings. The fraction of sp³-hybridized carbons (Fsp3) is 0.529. The van der Waals surface area contributed by atoms with Gasteiger partial charge in [0.1, 0.15) is 0 Å². The van der Waals surface area contributed by atoms with E-state index in [1.165, 1.54) is 0 Å². The van der Waals surface area contributed by atoms with E-state index in [-0.39, 0.29) is 11.3 Å². The van der Waals surface area contributed by atoms with Gasteiger partial charge < -0.3 is 10.2 Å². The Kier molecular flexibility index (Phi) is 4.98. The molecule has 1 atom stereocenters. The number of amides is 1. The zero-order chi connectivity index (χ0) is 15.3. The Morgan fingerprint density at radius 2 is 2.14 bits per heavy atom. The normalized spacial score (nSPS) is 21.6. The van der Waals surface area contributed by atoms with Gasteiger partial charge in [-0.05, 0) is 50.1 Å². The second-order valence-electron chi connectivity index (χ2n) is 5.83. The van der Waals surface area contributed by atoms with Crippen LogP contribution in [0.1, 0.15) is 38.2 Å². The van der Waals surface area contributed by atoms with Crippen molar-refractivity contribution in [1.82, 2.24) is 5.32 Å². The van der Waals surface area contributed by atoms with Crippen molar-refractivity contribution in [2.24, 2.45) is 5.41 Å². The van der Waals surface area contributed by atoms with E-state index in [1.54, 1.807) is 17.0 Å². The number of nitrogens with one attached hydrogen (secondary N) is 1. The molecule has 1 aromatic rings. The summed E-state index contributed by atoms with van der Waals surface area (Å²) >= 11 is 0. The predicted molar refractivity (Wildman–Crippen MR) is 84.0 cm³/mol. The third kappa shape index (κ3) is 3.25. The molecule has 2 rings (SSSR count). The highest BCUT2D eigenvalue weighted by Gasteiger charge is 2.40. The van der Waals surface area contributed by atoms with Crippen molar-refractivity contribution >= 4 is 11.6 Å². The van der Waals surface area contributed by atoms with Crippen LogP contribution in [0, 0.1) is 16.7 Å². The summed E-state index contributed by atoms with van der Waals surface area (Å²) in [6.45, 7) is 3.89. The first-order chi connectivity index (χ1) is 10.1. The minimum atomic E-state index is -0.282. The van der Waals surface area contributed by atoms with Crippen LogP contribution < -0.4 is 10.2 Å². The molecule has 112 valence electrons. The molecule has 21 heavy (non-hydrogen) atoms. The summed E-state index contributed by atoms with van der Waals surface area (Å²) in [6.07, 6.45) is 3.92. The van der Waals surface area contributed by atoms with Crippen LogP contribution in [0.5, 0.6) is 0 Å². The molecule has 1 unspecified atom stereocenters. The van der Waals surface area contributed by atoms with Gasteiger partial charge in [0.25, 0.3) is 0 Å². The van der Waals surface area contributed by atoms with E-state index in [2.05, 4.69) is 18.3 Å². The number of hydrogen-bond donors (Lipinski definition) is 1. The number of piperidine rings is 1. The van der Waals surface area contributed by atoms with Crippen LogP contribution in [-0.4, -0.2) is 26.0 Å². The van der Waals surface area contributed by atoms with E-state index in [4.69, 9.17) is 5.26 Å². The van der Waals surface area contributed by atoms with E-state index in [1.807, 2.05) is 19.2 Å². The Bertz CT molecular complexity index is 518. The number of hydrogen-bond acceptors (Lipinski definition) is 3. The van der Waals surface area contributed by atoms with E-state index in [0.29, 0.717) is 5.56 Å². The molecule has 1 aromatic carbocycles. The van der Waals surface area contributed by atoms with Crippen LogP contribution in [0.15, 0.2) is 24.3 Å². The van der Waals surface area contributed by atoms with Crippen LogP contribution in [0.4, 0.5) is 5.69 Å². The first-order valence-corrected chi connectivity index (χ1v) is 7.62. The molecule has 4 heteroatoms. The van der Waals surface area contributed by atoms with Crippen LogP contribution >= 0.6 is 0 Å².